The topological polar surface area (TPSA) is 78.9 Å². The fraction of sp³-hybridized carbons (Fsp3) is 0.364. The van der Waals surface area contributed by atoms with Crippen LogP contribution in [0.2, 0.25) is 0 Å². The van der Waals surface area contributed by atoms with Crippen molar-refractivity contribution in [3.05, 3.63) is 71.3 Å². The summed E-state index contributed by atoms with van der Waals surface area (Å²) in [6.45, 7) is 2.96. The number of nitrogens with one attached hydrogen (secondary N) is 1. The van der Waals surface area contributed by atoms with Gasteiger partial charge in [0.2, 0.25) is 0 Å². The quantitative estimate of drug-likeness (QED) is 0.832. The largest absolute Gasteiger partial charge is 0.478 e. The van der Waals surface area contributed by atoms with Gasteiger partial charge in [-0.3, -0.25) is 4.90 Å². The molecule has 146 valence electrons. The average Bonchev–Trinajstić information content (AvgIpc) is 2.73. The lowest BCUT2D eigenvalue weighted by atomic mass is 9.86. The predicted molar refractivity (Wildman–Crippen MR) is 104 cm³/mol. The molecule has 28 heavy (non-hydrogen) atoms. The number of nitrogens with zero attached hydrogens (tertiary/aromatic N) is 1. The Morgan fingerprint density at radius 2 is 1.75 bits per heavy atom. The van der Waals surface area contributed by atoms with E-state index in [1.807, 2.05) is 36.4 Å². The molecule has 3 aliphatic heterocycles. The molecule has 0 radical (unpaired) electrons. The fourth-order valence-corrected chi connectivity index (χ4v) is 4.19. The number of ether oxygens (including phenoxy) is 1. The van der Waals surface area contributed by atoms with E-state index in [0.29, 0.717) is 11.5 Å². The summed E-state index contributed by atoms with van der Waals surface area (Å²) in [6, 6.07) is 15.7. The highest BCUT2D eigenvalue weighted by Gasteiger charge is 2.36. The number of carboxylic acid groups (broad SMARTS) is 1. The molecule has 2 aromatic rings. The molecule has 6 heteroatoms. The first-order valence-electron chi connectivity index (χ1n) is 9.68. The van der Waals surface area contributed by atoms with E-state index in [0.717, 1.165) is 38.0 Å². The van der Waals surface area contributed by atoms with Gasteiger partial charge in [0.1, 0.15) is 6.10 Å². The maximum absolute atomic E-state index is 12.7. The molecule has 3 saturated heterocycles. The minimum atomic E-state index is -0.997. The molecule has 2 unspecified atom stereocenters. The van der Waals surface area contributed by atoms with Gasteiger partial charge in [0.05, 0.1) is 11.6 Å². The highest BCUT2D eigenvalue weighted by molar-refractivity contribution is 5.87. The molecule has 6 nitrogen and oxygen atoms in total. The van der Waals surface area contributed by atoms with E-state index in [2.05, 4.69) is 10.2 Å². The van der Waals surface area contributed by atoms with Crippen LogP contribution in [-0.2, 0) is 4.74 Å². The number of hydrogen-bond acceptors (Lipinski definition) is 4. The Hall–Kier alpha value is -2.86. The number of hydrogen-bond donors (Lipinski definition) is 2. The third-order valence-corrected chi connectivity index (χ3v) is 5.72. The lowest BCUT2D eigenvalue weighted by molar-refractivity contribution is -0.0336. The summed E-state index contributed by atoms with van der Waals surface area (Å²) in [7, 11) is 0. The number of carbonyl (C=O) groups excluding carboxylic acids is 1. The Balaban J connectivity index is 1.53. The third kappa shape index (κ3) is 4.02. The Kier molecular flexibility index (Phi) is 5.30. The highest BCUT2D eigenvalue weighted by Crippen LogP contribution is 2.30. The molecule has 2 bridgehead atoms. The van der Waals surface area contributed by atoms with E-state index in [1.54, 1.807) is 18.2 Å². The second-order valence-corrected chi connectivity index (χ2v) is 7.50. The molecule has 0 saturated carbocycles. The molecule has 0 aromatic heterocycles. The van der Waals surface area contributed by atoms with Gasteiger partial charge in [-0.05, 0) is 55.1 Å². The van der Waals surface area contributed by atoms with Crippen LogP contribution >= 0.6 is 0 Å². The van der Waals surface area contributed by atoms with E-state index in [9.17, 15) is 14.7 Å². The Morgan fingerprint density at radius 3 is 2.39 bits per heavy atom. The monoisotopic (exact) mass is 380 g/mol. The van der Waals surface area contributed by atoms with E-state index in [1.165, 1.54) is 0 Å². The Bertz CT molecular complexity index is 847. The zero-order chi connectivity index (χ0) is 19.5. The summed E-state index contributed by atoms with van der Waals surface area (Å²) in [5.41, 5.74) is 1.76. The Labute approximate surface area is 164 Å². The van der Waals surface area contributed by atoms with Crippen molar-refractivity contribution in [3.8, 4) is 0 Å². The van der Waals surface area contributed by atoms with Gasteiger partial charge in [0.25, 0.3) is 0 Å². The molecule has 2 atom stereocenters. The lowest BCUT2D eigenvalue weighted by Gasteiger charge is -2.43. The number of amides is 1. The molecular formula is C22H24N2O4. The number of piperidine rings is 3. The van der Waals surface area contributed by atoms with E-state index < -0.39 is 18.1 Å². The second-order valence-electron chi connectivity index (χ2n) is 7.50. The van der Waals surface area contributed by atoms with Crippen LogP contribution in [-0.4, -0.2) is 47.8 Å². The van der Waals surface area contributed by atoms with Crippen LogP contribution in [0.4, 0.5) is 4.79 Å². The minimum Gasteiger partial charge on any atom is -0.478 e. The second kappa shape index (κ2) is 8.02. The maximum atomic E-state index is 12.7. The van der Waals surface area contributed by atoms with Gasteiger partial charge in [0.15, 0.2) is 0 Å². The molecule has 2 aromatic carbocycles. The highest BCUT2D eigenvalue weighted by atomic mass is 16.6. The van der Waals surface area contributed by atoms with Crippen LogP contribution in [0, 0.1) is 5.92 Å². The van der Waals surface area contributed by atoms with E-state index in [-0.39, 0.29) is 11.7 Å². The molecule has 0 aliphatic carbocycles. The molecule has 3 heterocycles. The van der Waals surface area contributed by atoms with Crippen LogP contribution < -0.4 is 5.32 Å². The van der Waals surface area contributed by atoms with Crippen molar-refractivity contribution in [2.24, 2.45) is 5.92 Å². The lowest BCUT2D eigenvalue weighted by Crippen LogP contribution is -2.52. The first-order chi connectivity index (χ1) is 13.6. The van der Waals surface area contributed by atoms with Gasteiger partial charge in [0, 0.05) is 6.54 Å². The SMILES string of the molecule is O=C(NC(c1ccccc1)c1cccc(C(=O)O)c1)OC1CN2CCC1CC2. The normalized spacial score (nSPS) is 24.4. The van der Waals surface area contributed by atoms with Crippen molar-refractivity contribution < 1.29 is 19.4 Å². The van der Waals surface area contributed by atoms with Crippen LogP contribution in [0.5, 0.6) is 0 Å². The van der Waals surface area contributed by atoms with Gasteiger partial charge >= 0.3 is 12.1 Å². The number of carbonyl (C=O) groups is 2. The number of benzene rings is 2. The first kappa shape index (κ1) is 18.5. The van der Waals surface area contributed by atoms with Crippen LogP contribution in [0.25, 0.3) is 0 Å². The molecule has 3 aliphatic rings. The number of aromatic carboxylic acids is 1. The van der Waals surface area contributed by atoms with Gasteiger partial charge in [-0.15, -0.1) is 0 Å². The Morgan fingerprint density at radius 1 is 1.04 bits per heavy atom. The van der Waals surface area contributed by atoms with Crippen LogP contribution in [0.1, 0.15) is 40.4 Å². The van der Waals surface area contributed by atoms with Crippen molar-refractivity contribution in [2.75, 3.05) is 19.6 Å². The smallest absolute Gasteiger partial charge is 0.408 e. The summed E-state index contributed by atoms with van der Waals surface area (Å²) < 4.78 is 5.77. The number of carboxylic acids is 1. The minimum absolute atomic E-state index is 0.0794. The molecule has 2 N–H and O–H groups in total. The number of fused-ring (bicyclic) bond motifs is 3. The van der Waals surface area contributed by atoms with Crippen molar-refractivity contribution in [1.29, 1.82) is 0 Å². The van der Waals surface area contributed by atoms with Gasteiger partial charge in [-0.25, -0.2) is 9.59 Å². The van der Waals surface area contributed by atoms with Crippen molar-refractivity contribution in [1.82, 2.24) is 10.2 Å². The zero-order valence-corrected chi connectivity index (χ0v) is 15.6. The third-order valence-electron chi connectivity index (χ3n) is 5.72. The first-order valence-corrected chi connectivity index (χ1v) is 9.68. The molecule has 3 fully saturated rings. The number of alkyl carbamates (subject to hydrolysis) is 1. The van der Waals surface area contributed by atoms with Gasteiger partial charge in [-0.1, -0.05) is 42.5 Å². The fourth-order valence-electron chi connectivity index (χ4n) is 4.19. The van der Waals surface area contributed by atoms with Gasteiger partial charge in [-0.2, -0.15) is 0 Å². The standard InChI is InChI=1S/C22H24N2O4/c25-21(26)18-8-4-7-17(13-18)20(16-5-2-1-3-6-16)23-22(27)28-19-14-24-11-9-15(19)10-12-24/h1-8,13,15,19-20H,9-12,14H2,(H,23,27)(H,25,26). The number of rotatable bonds is 5. The van der Waals surface area contributed by atoms with Crippen molar-refractivity contribution in [3.63, 3.8) is 0 Å². The molecule has 1 amide bonds. The summed E-state index contributed by atoms with van der Waals surface area (Å²) in [5, 5.41) is 12.3. The predicted octanol–water partition coefficient (Wildman–Crippen LogP) is 3.29. The molecule has 5 rings (SSSR count). The molecular weight excluding hydrogens is 356 g/mol. The van der Waals surface area contributed by atoms with Crippen LogP contribution in [0.15, 0.2) is 54.6 Å². The average molecular weight is 380 g/mol. The summed E-state index contributed by atoms with van der Waals surface area (Å²) in [4.78, 5) is 26.4. The van der Waals surface area contributed by atoms with Crippen molar-refractivity contribution in [2.45, 2.75) is 25.0 Å². The zero-order valence-electron chi connectivity index (χ0n) is 15.6. The van der Waals surface area contributed by atoms with Gasteiger partial charge < -0.3 is 15.2 Å². The van der Waals surface area contributed by atoms with Crippen LogP contribution in [0.3, 0.4) is 0 Å². The maximum Gasteiger partial charge on any atom is 0.408 e. The van der Waals surface area contributed by atoms with E-state index in [4.69, 9.17) is 4.74 Å². The summed E-state index contributed by atoms with van der Waals surface area (Å²) >= 11 is 0. The molecule has 0 spiro atoms. The van der Waals surface area contributed by atoms with E-state index >= 15 is 0 Å². The summed E-state index contributed by atoms with van der Waals surface area (Å²) in [6.07, 6.45) is 1.60. The summed E-state index contributed by atoms with van der Waals surface area (Å²) in [5.74, 6) is -0.565. The van der Waals surface area contributed by atoms with Crippen molar-refractivity contribution >= 4 is 12.1 Å².